The van der Waals surface area contributed by atoms with E-state index in [2.05, 4.69) is 25.9 Å². The Balaban J connectivity index is 1.54. The zero-order chi connectivity index (χ0) is 27.8. The standard InChI is InChI=1S/C25H30F3N5O4S/c1-13(29)22-21(23(34)30-10-9-14-11-15(12-14)33-38(3,4)35)32-24(37-22)17-5-7-18(36-2)20-16(17)6-8-19(31-20)25(26,27)28/h5-8,13-15H,3,9-12,29H2,1-2,4H3,(H,30,34)(H,33,35)/t13-,14?,15?,38?/m0/s1. The van der Waals surface area contributed by atoms with Gasteiger partial charge in [-0.3, -0.25) is 9.00 Å². The monoisotopic (exact) mass is 553 g/mol. The molecular formula is C25H30F3N5O4S. The van der Waals surface area contributed by atoms with Crippen LogP contribution in [0.15, 0.2) is 28.7 Å². The summed E-state index contributed by atoms with van der Waals surface area (Å²) in [5, 5.41) is 3.15. The zero-order valence-electron chi connectivity index (χ0n) is 21.2. The van der Waals surface area contributed by atoms with Crippen molar-refractivity contribution in [3.8, 4) is 17.2 Å². The van der Waals surface area contributed by atoms with Crippen LogP contribution in [0.25, 0.3) is 22.4 Å². The first-order chi connectivity index (χ1) is 17.8. The van der Waals surface area contributed by atoms with E-state index in [1.807, 2.05) is 0 Å². The second-order valence-corrected chi connectivity index (χ2v) is 11.9. The van der Waals surface area contributed by atoms with Gasteiger partial charge in [-0.05, 0) is 62.2 Å². The number of rotatable bonds is 9. The molecule has 0 radical (unpaired) electrons. The Bertz CT molecular complexity index is 1450. The lowest BCUT2D eigenvalue weighted by molar-refractivity contribution is -0.140. The van der Waals surface area contributed by atoms with E-state index in [1.54, 1.807) is 19.2 Å². The van der Waals surface area contributed by atoms with Gasteiger partial charge in [0.15, 0.2) is 11.5 Å². The first-order valence-electron chi connectivity index (χ1n) is 12.0. The maximum atomic E-state index is 13.3. The van der Waals surface area contributed by atoms with Crippen LogP contribution < -0.4 is 20.5 Å². The lowest BCUT2D eigenvalue weighted by atomic mass is 9.79. The average Bonchev–Trinajstić information content (AvgIpc) is 3.25. The predicted octanol–water partition coefficient (Wildman–Crippen LogP) is 3.69. The van der Waals surface area contributed by atoms with Gasteiger partial charge in [0.25, 0.3) is 5.91 Å². The van der Waals surface area contributed by atoms with Gasteiger partial charge in [0.05, 0.1) is 13.2 Å². The lowest BCUT2D eigenvalue weighted by Gasteiger charge is -2.36. The number of ether oxygens (including phenoxy) is 1. The molecule has 1 unspecified atom stereocenters. The van der Waals surface area contributed by atoms with Crippen LogP contribution in [0.2, 0.25) is 0 Å². The number of hydrogen-bond donors (Lipinski definition) is 3. The van der Waals surface area contributed by atoms with Crippen molar-refractivity contribution in [3.63, 3.8) is 0 Å². The molecule has 0 aliphatic heterocycles. The Morgan fingerprint density at radius 2 is 2.00 bits per heavy atom. The number of alkyl halides is 3. The smallest absolute Gasteiger partial charge is 0.433 e. The molecule has 0 bridgehead atoms. The number of nitrogens with two attached hydrogens (primary N) is 1. The average molecular weight is 554 g/mol. The molecule has 9 nitrogen and oxygen atoms in total. The first kappa shape index (κ1) is 27.9. The third-order valence-electron chi connectivity index (χ3n) is 6.33. The third kappa shape index (κ3) is 6.11. The number of hydrogen-bond acceptors (Lipinski definition) is 7. The number of nitrogens with one attached hydrogen (secondary N) is 2. The van der Waals surface area contributed by atoms with E-state index < -0.39 is 33.5 Å². The summed E-state index contributed by atoms with van der Waals surface area (Å²) in [6.45, 7) is 2.04. The van der Waals surface area contributed by atoms with Gasteiger partial charge >= 0.3 is 6.18 Å². The topological polar surface area (TPSA) is 132 Å². The van der Waals surface area contributed by atoms with Crippen LogP contribution in [0.4, 0.5) is 13.2 Å². The van der Waals surface area contributed by atoms with Gasteiger partial charge in [-0.2, -0.15) is 13.2 Å². The van der Waals surface area contributed by atoms with Crippen LogP contribution in [0.3, 0.4) is 0 Å². The quantitative estimate of drug-likeness (QED) is 0.344. The molecular weight excluding hydrogens is 523 g/mol. The van der Waals surface area contributed by atoms with E-state index in [4.69, 9.17) is 14.9 Å². The molecule has 206 valence electrons. The highest BCUT2D eigenvalue weighted by Gasteiger charge is 2.33. The fraction of sp³-hybridized carbons (Fsp3) is 0.440. The van der Waals surface area contributed by atoms with Crippen molar-refractivity contribution in [2.75, 3.05) is 19.9 Å². The van der Waals surface area contributed by atoms with Gasteiger partial charge < -0.3 is 20.2 Å². The fourth-order valence-electron chi connectivity index (χ4n) is 4.51. The van der Waals surface area contributed by atoms with Crippen molar-refractivity contribution in [1.82, 2.24) is 20.0 Å². The number of aromatic nitrogens is 2. The second kappa shape index (κ2) is 10.5. The summed E-state index contributed by atoms with van der Waals surface area (Å²) in [7, 11) is -0.914. The normalized spacial score (nSPS) is 20.0. The number of oxazole rings is 1. The lowest BCUT2D eigenvalue weighted by Crippen LogP contribution is -2.44. The Kier molecular flexibility index (Phi) is 7.73. The number of amides is 1. The molecule has 38 heavy (non-hydrogen) atoms. The van der Waals surface area contributed by atoms with Gasteiger partial charge in [0.2, 0.25) is 5.89 Å². The minimum absolute atomic E-state index is 0.00905. The van der Waals surface area contributed by atoms with Crippen molar-refractivity contribution in [1.29, 1.82) is 0 Å². The van der Waals surface area contributed by atoms with Gasteiger partial charge in [-0.15, -0.1) is 0 Å². The number of nitrogens with zero attached hydrogens (tertiary/aromatic N) is 2. The summed E-state index contributed by atoms with van der Waals surface area (Å²) < 4.78 is 65.6. The highest BCUT2D eigenvalue weighted by Crippen LogP contribution is 2.37. The van der Waals surface area contributed by atoms with E-state index in [-0.39, 0.29) is 34.7 Å². The Morgan fingerprint density at radius 3 is 2.61 bits per heavy atom. The second-order valence-electron chi connectivity index (χ2n) is 9.63. The number of fused-ring (bicyclic) bond motifs is 1. The molecule has 2 atom stereocenters. The number of benzene rings is 1. The zero-order valence-corrected chi connectivity index (χ0v) is 22.0. The molecule has 2 heterocycles. The van der Waals surface area contributed by atoms with Crippen LogP contribution in [0, 0.1) is 5.92 Å². The minimum atomic E-state index is -4.63. The van der Waals surface area contributed by atoms with Crippen molar-refractivity contribution in [2.24, 2.45) is 11.7 Å². The number of carbonyl (C=O) groups excluding carboxylic acids is 1. The van der Waals surface area contributed by atoms with Crippen molar-refractivity contribution in [2.45, 2.75) is 44.4 Å². The molecule has 13 heteroatoms. The van der Waals surface area contributed by atoms with Gasteiger partial charge in [0, 0.05) is 39.5 Å². The Labute approximate surface area is 218 Å². The molecule has 2 aromatic heterocycles. The molecule has 1 amide bonds. The summed E-state index contributed by atoms with van der Waals surface area (Å²) in [5.74, 6) is 3.85. The Morgan fingerprint density at radius 1 is 1.29 bits per heavy atom. The highest BCUT2D eigenvalue weighted by molar-refractivity contribution is 7.97. The molecule has 1 aliphatic rings. The molecule has 1 aromatic carbocycles. The largest absolute Gasteiger partial charge is 0.494 e. The molecule has 0 spiro atoms. The minimum Gasteiger partial charge on any atom is -0.494 e. The van der Waals surface area contributed by atoms with Crippen LogP contribution in [0.5, 0.6) is 5.75 Å². The van der Waals surface area contributed by atoms with Crippen LogP contribution in [-0.4, -0.2) is 51.9 Å². The van der Waals surface area contributed by atoms with Crippen LogP contribution in [-0.2, 0) is 15.9 Å². The van der Waals surface area contributed by atoms with Crippen LogP contribution in [0.1, 0.15) is 54.2 Å². The summed E-state index contributed by atoms with van der Waals surface area (Å²) in [6.07, 6.45) is -0.629. The first-order valence-corrected chi connectivity index (χ1v) is 14.1. The van der Waals surface area contributed by atoms with Crippen molar-refractivity contribution < 1.29 is 31.3 Å². The maximum absolute atomic E-state index is 13.3. The molecule has 3 aromatic rings. The summed E-state index contributed by atoms with van der Waals surface area (Å²) in [6, 6.07) is 4.67. The summed E-state index contributed by atoms with van der Waals surface area (Å²) in [5.41, 5.74) is 5.31. The van der Waals surface area contributed by atoms with Gasteiger partial charge in [-0.1, -0.05) is 0 Å². The molecule has 1 aliphatic carbocycles. The van der Waals surface area contributed by atoms with Gasteiger partial charge in [-0.25, -0.2) is 14.7 Å². The van der Waals surface area contributed by atoms with E-state index >= 15 is 0 Å². The number of methoxy groups -OCH3 is 1. The molecule has 1 fully saturated rings. The fourth-order valence-corrected chi connectivity index (χ4v) is 5.41. The maximum Gasteiger partial charge on any atom is 0.433 e. The molecule has 0 saturated heterocycles. The predicted molar refractivity (Wildman–Crippen MR) is 139 cm³/mol. The van der Waals surface area contributed by atoms with E-state index in [9.17, 15) is 22.2 Å². The number of pyridine rings is 1. The van der Waals surface area contributed by atoms with E-state index in [0.717, 1.165) is 25.3 Å². The molecule has 1 saturated carbocycles. The van der Waals surface area contributed by atoms with E-state index in [1.165, 1.54) is 19.2 Å². The van der Waals surface area contributed by atoms with Crippen molar-refractivity contribution >= 4 is 32.4 Å². The number of carbonyl (C=O) groups is 1. The van der Waals surface area contributed by atoms with Crippen molar-refractivity contribution in [3.05, 3.63) is 41.4 Å². The molecule has 4 N–H and O–H groups in total. The SMILES string of the molecule is C=S(C)(=O)NC1CC(CCNC(=O)c2nc(-c3ccc(OC)c4nc(C(F)(F)F)ccc34)oc2[C@H](C)N)C1. The Hall–Kier alpha value is -3.16. The summed E-state index contributed by atoms with van der Waals surface area (Å²) >= 11 is 0. The molecule has 4 rings (SSSR count). The summed E-state index contributed by atoms with van der Waals surface area (Å²) in [4.78, 5) is 21.1. The number of halogens is 3. The highest BCUT2D eigenvalue weighted by atomic mass is 32.2. The third-order valence-corrected chi connectivity index (χ3v) is 7.16. The van der Waals surface area contributed by atoms with E-state index in [0.29, 0.717) is 23.4 Å². The van der Waals surface area contributed by atoms with Crippen LogP contribution >= 0.6 is 0 Å². The van der Waals surface area contributed by atoms with Gasteiger partial charge in [0.1, 0.15) is 17.0 Å².